The Hall–Kier alpha value is -1.22. The molecular weight excluding hydrogens is 306 g/mol. The van der Waals surface area contributed by atoms with E-state index in [0.717, 1.165) is 6.07 Å². The first-order chi connectivity index (χ1) is 8.82. The van der Waals surface area contributed by atoms with Gasteiger partial charge in [0.05, 0.1) is 9.82 Å². The summed E-state index contributed by atoms with van der Waals surface area (Å²) in [5.41, 5.74) is 5.96. The molecule has 0 aliphatic carbocycles. The molecule has 1 unspecified atom stereocenters. The summed E-state index contributed by atoms with van der Waals surface area (Å²) < 4.78 is 26.1. The quantitative estimate of drug-likeness (QED) is 0.661. The Balaban J connectivity index is 0.00000200. The standard InChI is InChI=1S/C11H15N3O4S.ClH/c1-8-2-3-10(14(15)16)6-11(8)19(17,18)13-5-4-9(12)7-13;/h2-3,6,9H,4-5,7,12H2,1H3;1H. The van der Waals surface area contributed by atoms with Gasteiger partial charge in [-0.3, -0.25) is 10.1 Å². The first-order valence-electron chi connectivity index (χ1n) is 5.83. The van der Waals surface area contributed by atoms with Gasteiger partial charge in [0.25, 0.3) is 5.69 Å². The Morgan fingerprint density at radius 3 is 2.60 bits per heavy atom. The van der Waals surface area contributed by atoms with Gasteiger partial charge in [-0.15, -0.1) is 12.4 Å². The van der Waals surface area contributed by atoms with Crippen molar-refractivity contribution in [2.24, 2.45) is 5.73 Å². The van der Waals surface area contributed by atoms with E-state index < -0.39 is 14.9 Å². The molecule has 1 aromatic rings. The summed E-state index contributed by atoms with van der Waals surface area (Å²) >= 11 is 0. The second-order valence-electron chi connectivity index (χ2n) is 4.62. The van der Waals surface area contributed by atoms with Gasteiger partial charge in [0.15, 0.2) is 0 Å². The summed E-state index contributed by atoms with van der Waals surface area (Å²) in [5, 5.41) is 10.7. The fourth-order valence-corrected chi connectivity index (χ4v) is 3.85. The van der Waals surface area contributed by atoms with Gasteiger partial charge in [0.1, 0.15) is 0 Å². The van der Waals surface area contributed by atoms with Gasteiger partial charge in [0.2, 0.25) is 10.0 Å². The van der Waals surface area contributed by atoms with Crippen LogP contribution in [-0.2, 0) is 10.0 Å². The highest BCUT2D eigenvalue weighted by Crippen LogP contribution is 2.26. The lowest BCUT2D eigenvalue weighted by Crippen LogP contribution is -2.32. The van der Waals surface area contributed by atoms with Crippen molar-refractivity contribution in [1.82, 2.24) is 4.31 Å². The number of halogens is 1. The highest BCUT2D eigenvalue weighted by atomic mass is 35.5. The molecule has 9 heteroatoms. The molecule has 0 bridgehead atoms. The maximum Gasteiger partial charge on any atom is 0.270 e. The first-order valence-corrected chi connectivity index (χ1v) is 7.27. The predicted molar refractivity (Wildman–Crippen MR) is 76.4 cm³/mol. The average molecular weight is 322 g/mol. The Morgan fingerprint density at radius 2 is 2.10 bits per heavy atom. The molecule has 2 N–H and O–H groups in total. The number of sulfonamides is 1. The molecule has 2 rings (SSSR count). The van der Waals surface area contributed by atoms with Gasteiger partial charge in [0, 0.05) is 31.3 Å². The third-order valence-corrected chi connectivity index (χ3v) is 5.19. The third-order valence-electron chi connectivity index (χ3n) is 3.19. The van der Waals surface area contributed by atoms with Crippen LogP contribution >= 0.6 is 12.4 Å². The predicted octanol–water partition coefficient (Wildman–Crippen LogP) is 1.05. The van der Waals surface area contributed by atoms with Gasteiger partial charge in [-0.25, -0.2) is 8.42 Å². The number of non-ortho nitro benzene ring substituents is 1. The number of nitrogens with zero attached hydrogens (tertiary/aromatic N) is 2. The zero-order valence-corrected chi connectivity index (χ0v) is 12.5. The lowest BCUT2D eigenvalue weighted by molar-refractivity contribution is -0.385. The highest BCUT2D eigenvalue weighted by molar-refractivity contribution is 7.89. The summed E-state index contributed by atoms with van der Waals surface area (Å²) in [6, 6.07) is 3.67. The Kier molecular flexibility index (Phi) is 5.09. The molecule has 0 radical (unpaired) electrons. The van der Waals surface area contributed by atoms with Crippen LogP contribution in [0.2, 0.25) is 0 Å². The van der Waals surface area contributed by atoms with Crippen LogP contribution < -0.4 is 5.73 Å². The minimum atomic E-state index is -3.71. The van der Waals surface area contributed by atoms with E-state index in [1.54, 1.807) is 6.92 Å². The molecule has 1 aliphatic heterocycles. The summed E-state index contributed by atoms with van der Waals surface area (Å²) in [7, 11) is -3.71. The number of hydrogen-bond acceptors (Lipinski definition) is 5. The van der Waals surface area contributed by atoms with Crippen molar-refractivity contribution in [2.45, 2.75) is 24.3 Å². The molecule has 1 heterocycles. The summed E-state index contributed by atoms with van der Waals surface area (Å²) in [5.74, 6) is 0. The minimum absolute atomic E-state index is 0. The number of nitrogens with two attached hydrogens (primary N) is 1. The number of hydrogen-bond donors (Lipinski definition) is 1. The molecule has 1 aromatic carbocycles. The van der Waals surface area contributed by atoms with Crippen LogP contribution in [0.5, 0.6) is 0 Å². The Bertz CT molecular complexity index is 620. The largest absolute Gasteiger partial charge is 0.326 e. The lowest BCUT2D eigenvalue weighted by atomic mass is 10.2. The molecule has 112 valence electrons. The lowest BCUT2D eigenvalue weighted by Gasteiger charge is -2.17. The van der Waals surface area contributed by atoms with Crippen LogP contribution in [-0.4, -0.2) is 36.8 Å². The average Bonchev–Trinajstić information content (AvgIpc) is 2.76. The van der Waals surface area contributed by atoms with E-state index >= 15 is 0 Å². The number of nitro groups is 1. The molecule has 1 saturated heterocycles. The van der Waals surface area contributed by atoms with Crippen LogP contribution in [0.15, 0.2) is 23.1 Å². The van der Waals surface area contributed by atoms with Gasteiger partial charge in [-0.2, -0.15) is 4.31 Å². The molecule has 0 saturated carbocycles. The summed E-state index contributed by atoms with van der Waals surface area (Å²) in [6.45, 7) is 2.22. The number of nitro benzene ring substituents is 1. The van der Waals surface area contributed by atoms with Crippen molar-refractivity contribution in [3.63, 3.8) is 0 Å². The summed E-state index contributed by atoms with van der Waals surface area (Å²) in [4.78, 5) is 10.1. The molecule has 0 amide bonds. The van der Waals surface area contributed by atoms with E-state index in [9.17, 15) is 18.5 Å². The molecule has 0 spiro atoms. The van der Waals surface area contributed by atoms with E-state index in [-0.39, 0.29) is 35.6 Å². The van der Waals surface area contributed by atoms with Gasteiger partial charge in [-0.1, -0.05) is 6.07 Å². The topological polar surface area (TPSA) is 107 Å². The van der Waals surface area contributed by atoms with Crippen LogP contribution in [0.1, 0.15) is 12.0 Å². The molecule has 7 nitrogen and oxygen atoms in total. The highest BCUT2D eigenvalue weighted by Gasteiger charge is 2.32. The monoisotopic (exact) mass is 321 g/mol. The van der Waals surface area contributed by atoms with E-state index in [1.807, 2.05) is 0 Å². The van der Waals surface area contributed by atoms with Crippen molar-refractivity contribution >= 4 is 28.1 Å². The van der Waals surface area contributed by atoms with Crippen molar-refractivity contribution in [2.75, 3.05) is 13.1 Å². The van der Waals surface area contributed by atoms with E-state index in [1.165, 1.54) is 16.4 Å². The Labute approximate surface area is 123 Å². The molecule has 0 aromatic heterocycles. The molecule has 20 heavy (non-hydrogen) atoms. The SMILES string of the molecule is Cc1ccc([N+](=O)[O-])cc1S(=O)(=O)N1CCC(N)C1.Cl. The molecule has 1 fully saturated rings. The fourth-order valence-electron chi connectivity index (χ4n) is 2.09. The number of benzene rings is 1. The van der Waals surface area contributed by atoms with Crippen LogP contribution in [0.3, 0.4) is 0 Å². The maximum absolute atomic E-state index is 12.4. The van der Waals surface area contributed by atoms with Crippen LogP contribution in [0, 0.1) is 17.0 Å². The fraction of sp³-hybridized carbons (Fsp3) is 0.455. The first kappa shape index (κ1) is 16.8. The van der Waals surface area contributed by atoms with Crippen molar-refractivity contribution in [3.8, 4) is 0 Å². The summed E-state index contributed by atoms with van der Waals surface area (Å²) in [6.07, 6.45) is 0.604. The second kappa shape index (κ2) is 6.04. The van der Waals surface area contributed by atoms with Gasteiger partial charge in [-0.05, 0) is 18.9 Å². The normalized spacial score (nSPS) is 19.6. The van der Waals surface area contributed by atoms with Crippen molar-refractivity contribution < 1.29 is 13.3 Å². The second-order valence-corrected chi connectivity index (χ2v) is 6.53. The molecule has 1 atom stereocenters. The van der Waals surface area contributed by atoms with E-state index in [0.29, 0.717) is 18.5 Å². The van der Waals surface area contributed by atoms with Crippen molar-refractivity contribution in [1.29, 1.82) is 0 Å². The van der Waals surface area contributed by atoms with Crippen molar-refractivity contribution in [3.05, 3.63) is 33.9 Å². The van der Waals surface area contributed by atoms with E-state index in [2.05, 4.69) is 0 Å². The smallest absolute Gasteiger partial charge is 0.270 e. The third kappa shape index (κ3) is 3.09. The Morgan fingerprint density at radius 1 is 1.45 bits per heavy atom. The zero-order valence-electron chi connectivity index (χ0n) is 10.9. The van der Waals surface area contributed by atoms with Crippen LogP contribution in [0.4, 0.5) is 5.69 Å². The molecular formula is C11H16ClN3O4S. The van der Waals surface area contributed by atoms with Gasteiger partial charge < -0.3 is 5.73 Å². The van der Waals surface area contributed by atoms with E-state index in [4.69, 9.17) is 5.73 Å². The number of aryl methyl sites for hydroxylation is 1. The van der Waals surface area contributed by atoms with Crippen LogP contribution in [0.25, 0.3) is 0 Å². The number of rotatable bonds is 3. The maximum atomic E-state index is 12.4. The minimum Gasteiger partial charge on any atom is -0.326 e. The molecule has 1 aliphatic rings. The zero-order chi connectivity index (χ0) is 14.2. The van der Waals surface area contributed by atoms with Gasteiger partial charge >= 0.3 is 0 Å².